The highest BCUT2D eigenvalue weighted by atomic mass is 16.5. The van der Waals surface area contributed by atoms with E-state index in [0.717, 1.165) is 11.0 Å². The van der Waals surface area contributed by atoms with Crippen LogP contribution < -0.4 is 5.73 Å². The molecular formula is C12H11N3O2. The smallest absolute Gasteiger partial charge is 0.238 e. The van der Waals surface area contributed by atoms with E-state index in [9.17, 15) is 0 Å². The van der Waals surface area contributed by atoms with Gasteiger partial charge in [-0.1, -0.05) is 23.4 Å². The van der Waals surface area contributed by atoms with Gasteiger partial charge in [-0.25, -0.2) is 0 Å². The zero-order valence-corrected chi connectivity index (χ0v) is 9.09. The normalized spacial score (nSPS) is 11.1. The third-order valence-corrected chi connectivity index (χ3v) is 2.47. The Morgan fingerprint density at radius 2 is 2.12 bits per heavy atom. The lowest BCUT2D eigenvalue weighted by Gasteiger charge is -1.85. The summed E-state index contributed by atoms with van der Waals surface area (Å²) in [5.74, 6) is 1.60. The zero-order valence-electron chi connectivity index (χ0n) is 9.09. The maximum atomic E-state index is 5.63. The molecule has 0 fully saturated rings. The van der Waals surface area contributed by atoms with Crippen LogP contribution >= 0.6 is 0 Å². The first-order chi connectivity index (χ1) is 8.36. The number of rotatable bonds is 3. The summed E-state index contributed by atoms with van der Waals surface area (Å²) in [4.78, 5) is 4.21. The van der Waals surface area contributed by atoms with E-state index in [1.165, 1.54) is 0 Å². The van der Waals surface area contributed by atoms with Crippen LogP contribution in [0.1, 0.15) is 5.89 Å². The standard InChI is InChI=1S/C12H11N3O2/c13-6-5-11-14-12(15-17-11)10-7-8-3-1-2-4-9(8)16-10/h1-4,7H,5-6,13H2. The van der Waals surface area contributed by atoms with Crippen molar-refractivity contribution in [3.63, 3.8) is 0 Å². The fraction of sp³-hybridized carbons (Fsp3) is 0.167. The highest BCUT2D eigenvalue weighted by molar-refractivity contribution is 5.81. The highest BCUT2D eigenvalue weighted by Gasteiger charge is 2.12. The quantitative estimate of drug-likeness (QED) is 0.743. The first-order valence-corrected chi connectivity index (χ1v) is 5.38. The number of fused-ring (bicyclic) bond motifs is 1. The fourth-order valence-electron chi connectivity index (χ4n) is 1.67. The molecular weight excluding hydrogens is 218 g/mol. The van der Waals surface area contributed by atoms with Crippen LogP contribution in [-0.4, -0.2) is 16.7 Å². The van der Waals surface area contributed by atoms with Crippen LogP contribution in [0.4, 0.5) is 0 Å². The van der Waals surface area contributed by atoms with Crippen molar-refractivity contribution in [3.05, 3.63) is 36.2 Å². The Balaban J connectivity index is 2.01. The van der Waals surface area contributed by atoms with Crippen molar-refractivity contribution in [2.24, 2.45) is 5.73 Å². The molecule has 2 N–H and O–H groups in total. The maximum Gasteiger partial charge on any atom is 0.238 e. The Kier molecular flexibility index (Phi) is 2.38. The first-order valence-electron chi connectivity index (χ1n) is 5.38. The van der Waals surface area contributed by atoms with Crippen LogP contribution in [0.3, 0.4) is 0 Å². The van der Waals surface area contributed by atoms with Gasteiger partial charge in [-0.2, -0.15) is 4.98 Å². The van der Waals surface area contributed by atoms with Gasteiger partial charge in [0, 0.05) is 18.4 Å². The SMILES string of the molecule is NCCc1nc(-c2cc3ccccc3o2)no1. The zero-order chi connectivity index (χ0) is 11.7. The number of para-hydroxylation sites is 1. The van der Waals surface area contributed by atoms with E-state index in [4.69, 9.17) is 14.7 Å². The molecule has 17 heavy (non-hydrogen) atoms. The van der Waals surface area contributed by atoms with Gasteiger partial charge in [0.15, 0.2) is 5.76 Å². The molecule has 1 aromatic carbocycles. The van der Waals surface area contributed by atoms with E-state index in [1.54, 1.807) is 0 Å². The van der Waals surface area contributed by atoms with E-state index >= 15 is 0 Å². The van der Waals surface area contributed by atoms with Crippen LogP contribution in [0, 0.1) is 0 Å². The molecule has 5 nitrogen and oxygen atoms in total. The van der Waals surface area contributed by atoms with Gasteiger partial charge in [0.1, 0.15) is 5.58 Å². The van der Waals surface area contributed by atoms with Crippen LogP contribution in [0.25, 0.3) is 22.6 Å². The number of nitrogens with two attached hydrogens (primary N) is 1. The molecule has 2 heterocycles. The summed E-state index contributed by atoms with van der Waals surface area (Å²) in [7, 11) is 0. The first kappa shape index (κ1) is 10.0. The van der Waals surface area contributed by atoms with Gasteiger partial charge in [-0.3, -0.25) is 0 Å². The number of aromatic nitrogens is 2. The van der Waals surface area contributed by atoms with Crippen molar-refractivity contribution < 1.29 is 8.94 Å². The Hall–Kier alpha value is -2.14. The minimum atomic E-state index is 0.463. The van der Waals surface area contributed by atoms with Crippen LogP contribution in [0.5, 0.6) is 0 Å². The molecule has 0 aliphatic heterocycles. The van der Waals surface area contributed by atoms with Crippen LogP contribution in [0.15, 0.2) is 39.3 Å². The van der Waals surface area contributed by atoms with Gasteiger partial charge in [0.25, 0.3) is 0 Å². The number of hydrogen-bond donors (Lipinski definition) is 1. The minimum absolute atomic E-state index is 0.463. The predicted molar refractivity (Wildman–Crippen MR) is 62.3 cm³/mol. The maximum absolute atomic E-state index is 5.63. The van der Waals surface area contributed by atoms with Crippen LogP contribution in [0.2, 0.25) is 0 Å². The number of hydrogen-bond acceptors (Lipinski definition) is 5. The molecule has 3 rings (SSSR count). The lowest BCUT2D eigenvalue weighted by Crippen LogP contribution is -2.02. The van der Waals surface area contributed by atoms with Gasteiger partial charge in [0.05, 0.1) is 0 Å². The predicted octanol–water partition coefficient (Wildman–Crippen LogP) is 1.98. The van der Waals surface area contributed by atoms with E-state index in [0.29, 0.717) is 30.4 Å². The largest absolute Gasteiger partial charge is 0.453 e. The van der Waals surface area contributed by atoms with E-state index in [1.807, 2.05) is 30.3 Å². The molecule has 0 bridgehead atoms. The summed E-state index contributed by atoms with van der Waals surface area (Å²) in [6, 6.07) is 9.65. The molecule has 0 aliphatic carbocycles. The van der Waals surface area contributed by atoms with E-state index in [2.05, 4.69) is 10.1 Å². The molecule has 0 atom stereocenters. The van der Waals surface area contributed by atoms with E-state index < -0.39 is 0 Å². The second kappa shape index (κ2) is 4.03. The molecule has 0 radical (unpaired) electrons. The molecule has 0 amide bonds. The fourth-order valence-corrected chi connectivity index (χ4v) is 1.67. The third-order valence-electron chi connectivity index (χ3n) is 2.47. The van der Waals surface area contributed by atoms with Gasteiger partial charge < -0.3 is 14.7 Å². The average molecular weight is 229 g/mol. The van der Waals surface area contributed by atoms with Crippen molar-refractivity contribution in [2.45, 2.75) is 6.42 Å². The van der Waals surface area contributed by atoms with Crippen molar-refractivity contribution in [2.75, 3.05) is 6.54 Å². The molecule has 0 unspecified atom stereocenters. The van der Waals surface area contributed by atoms with Crippen LogP contribution in [-0.2, 0) is 6.42 Å². The second-order valence-corrected chi connectivity index (χ2v) is 3.70. The van der Waals surface area contributed by atoms with Crippen molar-refractivity contribution in [1.29, 1.82) is 0 Å². The molecule has 3 aromatic rings. The summed E-state index contributed by atoms with van der Waals surface area (Å²) in [5.41, 5.74) is 6.23. The number of benzene rings is 1. The third kappa shape index (κ3) is 1.81. The summed E-state index contributed by atoms with van der Waals surface area (Å²) < 4.78 is 10.7. The van der Waals surface area contributed by atoms with E-state index in [-0.39, 0.29) is 0 Å². The Bertz CT molecular complexity index is 609. The van der Waals surface area contributed by atoms with Gasteiger partial charge in [-0.05, 0) is 12.1 Å². The second-order valence-electron chi connectivity index (χ2n) is 3.70. The average Bonchev–Trinajstić information content (AvgIpc) is 2.94. The highest BCUT2D eigenvalue weighted by Crippen LogP contribution is 2.25. The topological polar surface area (TPSA) is 78.1 Å². The Labute approximate surface area is 97.2 Å². The van der Waals surface area contributed by atoms with Crippen molar-refractivity contribution in [3.8, 4) is 11.6 Å². The summed E-state index contributed by atoms with van der Waals surface area (Å²) in [6.07, 6.45) is 0.577. The summed E-state index contributed by atoms with van der Waals surface area (Å²) in [5, 5.41) is 4.89. The molecule has 0 saturated heterocycles. The molecule has 0 saturated carbocycles. The molecule has 5 heteroatoms. The van der Waals surface area contributed by atoms with Gasteiger partial charge in [0.2, 0.25) is 11.7 Å². The molecule has 0 spiro atoms. The number of nitrogens with zero attached hydrogens (tertiary/aromatic N) is 2. The van der Waals surface area contributed by atoms with Crippen molar-refractivity contribution in [1.82, 2.24) is 10.1 Å². The number of furan rings is 1. The monoisotopic (exact) mass is 229 g/mol. The Morgan fingerprint density at radius 1 is 1.24 bits per heavy atom. The summed E-state index contributed by atoms with van der Waals surface area (Å²) >= 11 is 0. The lowest BCUT2D eigenvalue weighted by molar-refractivity contribution is 0.379. The Morgan fingerprint density at radius 3 is 2.94 bits per heavy atom. The van der Waals surface area contributed by atoms with Gasteiger partial charge >= 0.3 is 0 Å². The lowest BCUT2D eigenvalue weighted by atomic mass is 10.2. The minimum Gasteiger partial charge on any atom is -0.453 e. The molecule has 0 aliphatic rings. The molecule has 2 aromatic heterocycles. The van der Waals surface area contributed by atoms with Gasteiger partial charge in [-0.15, -0.1) is 0 Å². The van der Waals surface area contributed by atoms with Crippen molar-refractivity contribution >= 4 is 11.0 Å². The molecule has 86 valence electrons. The summed E-state index contributed by atoms with van der Waals surface area (Å²) in [6.45, 7) is 0.488.